The van der Waals surface area contributed by atoms with E-state index in [-0.39, 0.29) is 12.6 Å². The van der Waals surface area contributed by atoms with Crippen LogP contribution in [0.15, 0.2) is 12.1 Å². The number of halogens is 2. The van der Waals surface area contributed by atoms with E-state index in [0.717, 1.165) is 0 Å². The number of amides is 1. The fourth-order valence-electron chi connectivity index (χ4n) is 1.46. The molecule has 1 amide bonds. The fourth-order valence-corrected chi connectivity index (χ4v) is 1.46. The van der Waals surface area contributed by atoms with E-state index in [4.69, 9.17) is 5.73 Å². The number of rotatable bonds is 5. The Labute approximate surface area is 107 Å². The summed E-state index contributed by atoms with van der Waals surface area (Å²) >= 11 is 0. The molecule has 8 heteroatoms. The summed E-state index contributed by atoms with van der Waals surface area (Å²) in [6.45, 7) is 1.90. The van der Waals surface area contributed by atoms with Gasteiger partial charge in [0.15, 0.2) is 11.6 Å². The molecule has 0 aliphatic rings. The minimum absolute atomic E-state index is 0.139. The van der Waals surface area contributed by atoms with Gasteiger partial charge in [-0.1, -0.05) is 6.92 Å². The van der Waals surface area contributed by atoms with Crippen molar-refractivity contribution in [3.8, 4) is 0 Å². The lowest BCUT2D eigenvalue weighted by atomic mass is 10.1. The Hall–Kier alpha value is -2.09. The summed E-state index contributed by atoms with van der Waals surface area (Å²) in [6, 6.07) is 0.500. The molecule has 1 unspecified atom stereocenters. The minimum Gasteiger partial charge on any atom is -0.348 e. The molecule has 6 nitrogen and oxygen atoms in total. The van der Waals surface area contributed by atoms with E-state index < -0.39 is 33.7 Å². The van der Waals surface area contributed by atoms with Crippen molar-refractivity contribution >= 4 is 11.6 Å². The largest absolute Gasteiger partial charge is 0.348 e. The molecular formula is C11H13F2N3O3. The predicted molar refractivity (Wildman–Crippen MR) is 63.6 cm³/mol. The maximum Gasteiger partial charge on any atom is 0.285 e. The zero-order valence-electron chi connectivity index (χ0n) is 10.2. The zero-order chi connectivity index (χ0) is 14.6. The molecule has 0 heterocycles. The normalized spacial score (nSPS) is 12.0. The van der Waals surface area contributed by atoms with Crippen molar-refractivity contribution in [1.82, 2.24) is 5.32 Å². The number of carbonyl (C=O) groups is 1. The van der Waals surface area contributed by atoms with Crippen LogP contribution in [0.2, 0.25) is 0 Å². The molecule has 104 valence electrons. The Bertz CT molecular complexity index is 504. The number of hydrogen-bond donors (Lipinski definition) is 2. The van der Waals surface area contributed by atoms with Gasteiger partial charge < -0.3 is 11.1 Å². The molecule has 0 spiro atoms. The molecule has 0 saturated carbocycles. The number of nitro groups is 1. The lowest BCUT2D eigenvalue weighted by Crippen LogP contribution is -2.39. The van der Waals surface area contributed by atoms with Crippen molar-refractivity contribution in [3.05, 3.63) is 39.4 Å². The number of nitrogens with one attached hydrogen (secondary N) is 1. The van der Waals surface area contributed by atoms with Gasteiger partial charge in [0, 0.05) is 12.6 Å². The molecule has 1 atom stereocenters. The Balaban J connectivity index is 3.14. The van der Waals surface area contributed by atoms with E-state index in [9.17, 15) is 23.7 Å². The van der Waals surface area contributed by atoms with Crippen molar-refractivity contribution < 1.29 is 18.5 Å². The highest BCUT2D eigenvalue weighted by Gasteiger charge is 2.24. The number of benzene rings is 1. The first-order valence-electron chi connectivity index (χ1n) is 5.55. The molecular weight excluding hydrogens is 260 g/mol. The molecule has 1 rings (SSSR count). The second-order valence-corrected chi connectivity index (χ2v) is 3.85. The highest BCUT2D eigenvalue weighted by atomic mass is 19.2. The maximum absolute atomic E-state index is 13.1. The van der Waals surface area contributed by atoms with E-state index in [1.165, 1.54) is 0 Å². The lowest BCUT2D eigenvalue weighted by Gasteiger charge is -2.14. The Morgan fingerprint density at radius 1 is 1.47 bits per heavy atom. The number of carbonyl (C=O) groups excluding carboxylic acids is 1. The van der Waals surface area contributed by atoms with Gasteiger partial charge >= 0.3 is 0 Å². The first kappa shape index (κ1) is 15.0. The van der Waals surface area contributed by atoms with Crippen LogP contribution in [0.3, 0.4) is 0 Å². The standard InChI is InChI=1S/C11H13F2N3O3/c1-2-6(5-14)15-11(17)7-3-8(12)9(13)4-10(7)16(18)19/h3-4,6H,2,5,14H2,1H3,(H,15,17). The summed E-state index contributed by atoms with van der Waals surface area (Å²) in [6.07, 6.45) is 0.514. The van der Waals surface area contributed by atoms with Crippen LogP contribution in [0.25, 0.3) is 0 Å². The van der Waals surface area contributed by atoms with Gasteiger partial charge in [-0.05, 0) is 12.5 Å². The quantitative estimate of drug-likeness (QED) is 0.624. The summed E-state index contributed by atoms with van der Waals surface area (Å²) in [5.74, 6) is -3.56. The molecule has 0 radical (unpaired) electrons. The number of nitrogens with two attached hydrogens (primary N) is 1. The van der Waals surface area contributed by atoms with Crippen LogP contribution in [-0.2, 0) is 0 Å². The van der Waals surface area contributed by atoms with E-state index in [2.05, 4.69) is 5.32 Å². The summed E-state index contributed by atoms with van der Waals surface area (Å²) in [5, 5.41) is 13.1. The molecule has 0 fully saturated rings. The number of nitro benzene ring substituents is 1. The monoisotopic (exact) mass is 273 g/mol. The summed E-state index contributed by atoms with van der Waals surface area (Å²) < 4.78 is 26.0. The Morgan fingerprint density at radius 2 is 2.05 bits per heavy atom. The van der Waals surface area contributed by atoms with Crippen LogP contribution in [0.4, 0.5) is 14.5 Å². The topological polar surface area (TPSA) is 98.3 Å². The second-order valence-electron chi connectivity index (χ2n) is 3.85. The molecule has 19 heavy (non-hydrogen) atoms. The summed E-state index contributed by atoms with van der Waals surface area (Å²) in [5.41, 5.74) is 4.06. The first-order valence-corrected chi connectivity index (χ1v) is 5.55. The molecule has 0 bridgehead atoms. The van der Waals surface area contributed by atoms with Gasteiger partial charge in [0.05, 0.1) is 11.0 Å². The van der Waals surface area contributed by atoms with Gasteiger partial charge in [-0.15, -0.1) is 0 Å². The third kappa shape index (κ3) is 3.44. The molecule has 1 aromatic rings. The van der Waals surface area contributed by atoms with E-state index in [1.807, 2.05) is 0 Å². The third-order valence-electron chi connectivity index (χ3n) is 2.59. The highest BCUT2D eigenvalue weighted by molar-refractivity contribution is 5.98. The molecule has 0 aliphatic heterocycles. The number of nitrogens with zero attached hydrogens (tertiary/aromatic N) is 1. The predicted octanol–water partition coefficient (Wildman–Crippen LogP) is 1.34. The van der Waals surface area contributed by atoms with Gasteiger partial charge in [0.25, 0.3) is 11.6 Å². The molecule has 0 aliphatic carbocycles. The van der Waals surface area contributed by atoms with Crippen LogP contribution >= 0.6 is 0 Å². The summed E-state index contributed by atoms with van der Waals surface area (Å²) in [7, 11) is 0. The molecule has 1 aromatic carbocycles. The minimum atomic E-state index is -1.38. The van der Waals surface area contributed by atoms with Crippen molar-refractivity contribution in [3.63, 3.8) is 0 Å². The van der Waals surface area contributed by atoms with Gasteiger partial charge in [-0.3, -0.25) is 14.9 Å². The molecule has 3 N–H and O–H groups in total. The average molecular weight is 273 g/mol. The van der Waals surface area contributed by atoms with Crippen LogP contribution < -0.4 is 11.1 Å². The van der Waals surface area contributed by atoms with Crippen molar-refractivity contribution in [1.29, 1.82) is 0 Å². The van der Waals surface area contributed by atoms with Crippen LogP contribution in [0.5, 0.6) is 0 Å². The molecule has 0 saturated heterocycles. The van der Waals surface area contributed by atoms with E-state index >= 15 is 0 Å². The van der Waals surface area contributed by atoms with Crippen LogP contribution in [0.1, 0.15) is 23.7 Å². The Kier molecular flexibility index (Phi) is 4.87. The molecule has 0 aromatic heterocycles. The van der Waals surface area contributed by atoms with Crippen LogP contribution in [-0.4, -0.2) is 23.4 Å². The van der Waals surface area contributed by atoms with Gasteiger partial charge in [0.1, 0.15) is 5.56 Å². The zero-order valence-corrected chi connectivity index (χ0v) is 10.2. The van der Waals surface area contributed by atoms with Crippen molar-refractivity contribution in [2.24, 2.45) is 5.73 Å². The SMILES string of the molecule is CCC(CN)NC(=O)c1cc(F)c(F)cc1[N+](=O)[O-]. The summed E-state index contributed by atoms with van der Waals surface area (Å²) in [4.78, 5) is 21.6. The van der Waals surface area contributed by atoms with Crippen molar-refractivity contribution in [2.75, 3.05) is 6.54 Å². The Morgan fingerprint density at radius 3 is 2.53 bits per heavy atom. The van der Waals surface area contributed by atoms with Crippen LogP contribution in [0, 0.1) is 21.7 Å². The second kappa shape index (κ2) is 6.19. The first-order chi connectivity index (χ1) is 8.90. The van der Waals surface area contributed by atoms with E-state index in [1.54, 1.807) is 6.92 Å². The van der Waals surface area contributed by atoms with Gasteiger partial charge in [-0.25, -0.2) is 8.78 Å². The third-order valence-corrected chi connectivity index (χ3v) is 2.59. The fraction of sp³-hybridized carbons (Fsp3) is 0.364. The van der Waals surface area contributed by atoms with Gasteiger partial charge in [0.2, 0.25) is 0 Å². The smallest absolute Gasteiger partial charge is 0.285 e. The van der Waals surface area contributed by atoms with Gasteiger partial charge in [-0.2, -0.15) is 0 Å². The average Bonchev–Trinajstić information content (AvgIpc) is 2.37. The van der Waals surface area contributed by atoms with E-state index in [0.29, 0.717) is 18.6 Å². The highest BCUT2D eigenvalue weighted by Crippen LogP contribution is 2.22. The lowest BCUT2D eigenvalue weighted by molar-refractivity contribution is -0.385. The number of hydrogen-bond acceptors (Lipinski definition) is 4. The maximum atomic E-state index is 13.1. The van der Waals surface area contributed by atoms with Crippen molar-refractivity contribution in [2.45, 2.75) is 19.4 Å².